The fraction of sp³-hybridized carbons (Fsp3) is 0.0714. The van der Waals surface area contributed by atoms with Gasteiger partial charge < -0.3 is 9.84 Å². The van der Waals surface area contributed by atoms with Crippen molar-refractivity contribution in [2.24, 2.45) is 0 Å². The molecule has 0 bridgehead atoms. The number of benzene rings is 1. The topological polar surface area (TPSA) is 72.3 Å². The lowest BCUT2D eigenvalue weighted by Crippen LogP contribution is -2.01. The largest absolute Gasteiger partial charge is 0.507 e. The Hall–Kier alpha value is -2.40. The van der Waals surface area contributed by atoms with Crippen LogP contribution in [-0.2, 0) is 4.74 Å². The second-order valence-corrected chi connectivity index (χ2v) is 4.19. The van der Waals surface area contributed by atoms with Crippen molar-refractivity contribution >= 4 is 29.4 Å². The predicted octanol–water partition coefficient (Wildman–Crippen LogP) is 2.97. The Labute approximate surface area is 120 Å². The lowest BCUT2D eigenvalue weighted by molar-refractivity contribution is 0.0600. The number of hydrogen-bond donors (Lipinski definition) is 1. The van der Waals surface area contributed by atoms with E-state index in [4.69, 9.17) is 11.6 Å². The summed E-state index contributed by atoms with van der Waals surface area (Å²) < 4.78 is 4.63. The van der Waals surface area contributed by atoms with Gasteiger partial charge in [-0.2, -0.15) is 0 Å². The van der Waals surface area contributed by atoms with Crippen molar-refractivity contribution in [3.05, 3.63) is 58.6 Å². The Balaban J connectivity index is 2.33. The summed E-state index contributed by atoms with van der Waals surface area (Å²) in [6.07, 6.45) is 2.92. The molecule has 1 heterocycles. The van der Waals surface area contributed by atoms with Gasteiger partial charge in [0.15, 0.2) is 0 Å². The molecule has 0 spiro atoms. The van der Waals surface area contributed by atoms with Crippen LogP contribution in [0.5, 0.6) is 0 Å². The number of esters is 1. The maximum atomic E-state index is 11.4. The quantitative estimate of drug-likeness (QED) is 0.534. The first-order valence-corrected chi connectivity index (χ1v) is 6.06. The highest BCUT2D eigenvalue weighted by molar-refractivity contribution is 6.28. The Kier molecular flexibility index (Phi) is 4.32. The number of hydrogen-bond acceptors (Lipinski definition) is 5. The second-order valence-electron chi connectivity index (χ2n) is 3.85. The number of aliphatic hydroxyl groups excluding tert-OH is 1. The van der Waals surface area contributed by atoms with Gasteiger partial charge in [0.1, 0.15) is 5.76 Å². The zero-order valence-electron chi connectivity index (χ0n) is 10.6. The number of methoxy groups -OCH3 is 1. The SMILES string of the molecule is COC(=O)c1cccc(C(O)=Cc2ccnc(Cl)n2)c1. The van der Waals surface area contributed by atoms with Crippen LogP contribution < -0.4 is 0 Å². The molecule has 0 aliphatic carbocycles. The van der Waals surface area contributed by atoms with Crippen LogP contribution in [0.25, 0.3) is 11.8 Å². The summed E-state index contributed by atoms with van der Waals surface area (Å²) in [6.45, 7) is 0. The zero-order valence-corrected chi connectivity index (χ0v) is 11.3. The van der Waals surface area contributed by atoms with Gasteiger partial charge in [0.2, 0.25) is 5.28 Å². The summed E-state index contributed by atoms with van der Waals surface area (Å²) in [4.78, 5) is 19.1. The minimum absolute atomic E-state index is 0.0366. The third-order valence-electron chi connectivity index (χ3n) is 2.51. The Morgan fingerprint density at radius 1 is 1.35 bits per heavy atom. The van der Waals surface area contributed by atoms with Gasteiger partial charge in [0.05, 0.1) is 18.4 Å². The van der Waals surface area contributed by atoms with E-state index < -0.39 is 5.97 Å². The number of halogens is 1. The van der Waals surface area contributed by atoms with Crippen LogP contribution in [0.3, 0.4) is 0 Å². The number of rotatable bonds is 3. The van der Waals surface area contributed by atoms with E-state index in [-0.39, 0.29) is 11.0 Å². The van der Waals surface area contributed by atoms with Crippen LogP contribution in [0, 0.1) is 0 Å². The molecule has 6 heteroatoms. The van der Waals surface area contributed by atoms with Crippen LogP contribution in [0.15, 0.2) is 36.5 Å². The van der Waals surface area contributed by atoms with Gasteiger partial charge in [-0.05, 0) is 29.8 Å². The lowest BCUT2D eigenvalue weighted by atomic mass is 10.1. The van der Waals surface area contributed by atoms with E-state index in [1.54, 1.807) is 24.3 Å². The van der Waals surface area contributed by atoms with Gasteiger partial charge in [-0.1, -0.05) is 12.1 Å². The zero-order chi connectivity index (χ0) is 14.5. The van der Waals surface area contributed by atoms with Crippen molar-refractivity contribution in [3.63, 3.8) is 0 Å². The monoisotopic (exact) mass is 290 g/mol. The molecule has 0 radical (unpaired) electrons. The molecule has 1 aromatic heterocycles. The molecule has 0 fully saturated rings. The summed E-state index contributed by atoms with van der Waals surface area (Å²) in [5.41, 5.74) is 1.29. The molecule has 102 valence electrons. The number of ether oxygens (including phenoxy) is 1. The molecule has 1 aromatic carbocycles. The highest BCUT2D eigenvalue weighted by atomic mass is 35.5. The Bertz CT molecular complexity index is 671. The fourth-order valence-corrected chi connectivity index (χ4v) is 1.73. The fourth-order valence-electron chi connectivity index (χ4n) is 1.57. The molecule has 0 aliphatic heterocycles. The minimum atomic E-state index is -0.468. The Morgan fingerprint density at radius 2 is 2.10 bits per heavy atom. The number of carbonyl (C=O) groups excluding carboxylic acids is 1. The molecular weight excluding hydrogens is 280 g/mol. The van der Waals surface area contributed by atoms with Crippen molar-refractivity contribution in [2.45, 2.75) is 0 Å². The van der Waals surface area contributed by atoms with E-state index >= 15 is 0 Å². The molecular formula is C14H11ClN2O3. The summed E-state index contributed by atoms with van der Waals surface area (Å²) in [5, 5.41) is 10.1. The molecule has 0 amide bonds. The molecule has 5 nitrogen and oxygen atoms in total. The smallest absolute Gasteiger partial charge is 0.337 e. The van der Waals surface area contributed by atoms with E-state index in [1.807, 2.05) is 0 Å². The van der Waals surface area contributed by atoms with Crippen LogP contribution in [0.2, 0.25) is 5.28 Å². The standard InChI is InChI=1S/C14H11ClN2O3/c1-20-13(19)10-4-2-3-9(7-10)12(18)8-11-5-6-16-14(15)17-11/h2-8,18H,1H3. The molecule has 0 unspecified atom stereocenters. The highest BCUT2D eigenvalue weighted by Gasteiger charge is 2.08. The molecule has 1 N–H and O–H groups in total. The molecule has 2 rings (SSSR count). The van der Waals surface area contributed by atoms with Crippen LogP contribution in [-0.4, -0.2) is 28.2 Å². The molecule has 0 atom stereocenters. The van der Waals surface area contributed by atoms with Gasteiger partial charge in [-0.15, -0.1) is 0 Å². The normalized spacial score (nSPS) is 11.2. The average molecular weight is 291 g/mol. The first kappa shape index (κ1) is 14.0. The maximum absolute atomic E-state index is 11.4. The summed E-state index contributed by atoms with van der Waals surface area (Å²) in [6, 6.07) is 8.05. The Morgan fingerprint density at radius 3 is 2.80 bits per heavy atom. The molecule has 2 aromatic rings. The molecule has 0 aliphatic rings. The van der Waals surface area contributed by atoms with Crippen molar-refractivity contribution in [3.8, 4) is 0 Å². The van der Waals surface area contributed by atoms with Gasteiger partial charge in [0.25, 0.3) is 0 Å². The highest BCUT2D eigenvalue weighted by Crippen LogP contribution is 2.17. The maximum Gasteiger partial charge on any atom is 0.337 e. The second kappa shape index (κ2) is 6.16. The first-order valence-electron chi connectivity index (χ1n) is 5.68. The molecule has 0 saturated carbocycles. The van der Waals surface area contributed by atoms with Crippen molar-refractivity contribution < 1.29 is 14.6 Å². The van der Waals surface area contributed by atoms with E-state index in [0.717, 1.165) is 0 Å². The van der Waals surface area contributed by atoms with E-state index in [2.05, 4.69) is 14.7 Å². The average Bonchev–Trinajstić information content (AvgIpc) is 2.46. The first-order chi connectivity index (χ1) is 9.60. The molecule has 0 saturated heterocycles. The van der Waals surface area contributed by atoms with E-state index in [9.17, 15) is 9.90 Å². The summed E-state index contributed by atoms with van der Waals surface area (Å²) in [5.74, 6) is -0.504. The van der Waals surface area contributed by atoms with Crippen LogP contribution >= 0.6 is 11.6 Å². The summed E-state index contributed by atoms with van der Waals surface area (Å²) in [7, 11) is 1.30. The van der Waals surface area contributed by atoms with Gasteiger partial charge in [0, 0.05) is 17.8 Å². The van der Waals surface area contributed by atoms with Crippen LogP contribution in [0.1, 0.15) is 21.6 Å². The number of carbonyl (C=O) groups is 1. The number of aliphatic hydroxyl groups is 1. The van der Waals surface area contributed by atoms with E-state index in [1.165, 1.54) is 25.4 Å². The third-order valence-corrected chi connectivity index (χ3v) is 2.69. The molecule has 20 heavy (non-hydrogen) atoms. The summed E-state index contributed by atoms with van der Waals surface area (Å²) >= 11 is 5.67. The number of aromatic nitrogens is 2. The third kappa shape index (κ3) is 3.33. The minimum Gasteiger partial charge on any atom is -0.507 e. The van der Waals surface area contributed by atoms with E-state index in [0.29, 0.717) is 16.8 Å². The van der Waals surface area contributed by atoms with Crippen molar-refractivity contribution in [1.82, 2.24) is 9.97 Å². The van der Waals surface area contributed by atoms with Crippen molar-refractivity contribution in [1.29, 1.82) is 0 Å². The lowest BCUT2D eigenvalue weighted by Gasteiger charge is -2.03. The van der Waals surface area contributed by atoms with Gasteiger partial charge >= 0.3 is 5.97 Å². The predicted molar refractivity (Wildman–Crippen MR) is 75.3 cm³/mol. The van der Waals surface area contributed by atoms with Gasteiger partial charge in [-0.3, -0.25) is 0 Å². The van der Waals surface area contributed by atoms with Crippen LogP contribution in [0.4, 0.5) is 0 Å². The number of nitrogens with zero attached hydrogens (tertiary/aromatic N) is 2. The van der Waals surface area contributed by atoms with Crippen molar-refractivity contribution in [2.75, 3.05) is 7.11 Å². The van der Waals surface area contributed by atoms with Gasteiger partial charge in [-0.25, -0.2) is 14.8 Å².